The molecule has 1 N–H and O–H groups in total. The number of nitrogens with zero attached hydrogens (tertiary/aromatic N) is 1. The molecule has 1 aliphatic carbocycles. The number of hydrogen-bond donors (Lipinski definition) is 1. The number of hydrogen-bond acceptors (Lipinski definition) is 3. The Morgan fingerprint density at radius 1 is 1.12 bits per heavy atom. The van der Waals surface area contributed by atoms with Gasteiger partial charge in [-0.2, -0.15) is 0 Å². The Morgan fingerprint density at radius 3 is 2.58 bits per heavy atom. The maximum atomic E-state index is 11.3. The molecule has 2 heterocycles. The second kappa shape index (κ2) is 5.83. The average molecular weight is 340 g/mol. The molecule has 2 atom stereocenters. The quantitative estimate of drug-likeness (QED) is 0.758. The summed E-state index contributed by atoms with van der Waals surface area (Å²) in [6.45, 7) is 6.37. The summed E-state index contributed by atoms with van der Waals surface area (Å²) in [4.78, 5) is 3.52. The Hall–Kier alpha value is -1.42. The first kappa shape index (κ1) is 16.1. The van der Waals surface area contributed by atoms with Crippen LogP contribution in [0.5, 0.6) is 0 Å². The van der Waals surface area contributed by atoms with Gasteiger partial charge in [-0.3, -0.25) is 0 Å². The summed E-state index contributed by atoms with van der Waals surface area (Å²) in [5.74, 6) is 0.0791. The van der Waals surface area contributed by atoms with Crippen molar-refractivity contribution in [2.24, 2.45) is 0 Å². The minimum Gasteiger partial charge on any atom is -0.384 e. The second-order valence-corrected chi connectivity index (χ2v) is 8.32. The molecule has 1 aromatic heterocycles. The topological polar surface area (TPSA) is 23.5 Å². The molecule has 0 amide bonds. The fourth-order valence-electron chi connectivity index (χ4n) is 4.16. The van der Waals surface area contributed by atoms with E-state index < -0.39 is 5.60 Å². The van der Waals surface area contributed by atoms with Gasteiger partial charge in [0.1, 0.15) is 5.60 Å². The Kier molecular flexibility index (Phi) is 3.91. The molecule has 1 saturated heterocycles. The number of benzene rings is 1. The van der Waals surface area contributed by atoms with Crippen LogP contribution >= 0.6 is 11.3 Å². The molecular weight excluding hydrogens is 314 g/mol. The lowest BCUT2D eigenvalue weighted by Crippen LogP contribution is -2.27. The Bertz CT molecular complexity index is 792. The molecule has 1 aliphatic heterocycles. The van der Waals surface area contributed by atoms with E-state index in [2.05, 4.69) is 54.6 Å². The molecule has 4 rings (SSSR count). The van der Waals surface area contributed by atoms with Gasteiger partial charge in [-0.05, 0) is 60.5 Å². The van der Waals surface area contributed by atoms with Gasteiger partial charge in [0.15, 0.2) is 0 Å². The third kappa shape index (κ3) is 2.38. The van der Waals surface area contributed by atoms with Gasteiger partial charge < -0.3 is 10.0 Å². The summed E-state index contributed by atoms with van der Waals surface area (Å²) in [5, 5.41) is 13.5. The third-order valence-electron chi connectivity index (χ3n) is 5.88. The molecule has 0 bridgehead atoms. The summed E-state index contributed by atoms with van der Waals surface area (Å²) in [6, 6.07) is 10.9. The summed E-state index contributed by atoms with van der Waals surface area (Å²) in [7, 11) is 2.20. The van der Waals surface area contributed by atoms with E-state index in [9.17, 15) is 5.11 Å². The summed E-state index contributed by atoms with van der Waals surface area (Å²) in [6.07, 6.45) is 2.23. The van der Waals surface area contributed by atoms with Crippen molar-refractivity contribution in [2.45, 2.75) is 38.2 Å². The van der Waals surface area contributed by atoms with E-state index in [-0.39, 0.29) is 5.92 Å². The highest BCUT2D eigenvalue weighted by Crippen LogP contribution is 2.50. The molecule has 2 aromatic rings. The zero-order valence-corrected chi connectivity index (χ0v) is 15.5. The molecule has 24 heavy (non-hydrogen) atoms. The minimum absolute atomic E-state index is 0.0791. The van der Waals surface area contributed by atoms with Crippen LogP contribution in [0.1, 0.15) is 54.2 Å². The smallest absolute Gasteiger partial charge is 0.103 e. The zero-order chi connectivity index (χ0) is 16.9. The summed E-state index contributed by atoms with van der Waals surface area (Å²) >= 11 is 1.69. The number of aliphatic hydroxyl groups is 1. The van der Waals surface area contributed by atoms with Gasteiger partial charge in [0.2, 0.25) is 0 Å². The average Bonchev–Trinajstić information content (AvgIpc) is 3.04. The fraction of sp³-hybridized carbons (Fsp3) is 0.429. The van der Waals surface area contributed by atoms with E-state index >= 15 is 0 Å². The lowest BCUT2D eigenvalue weighted by atomic mass is 9.83. The monoisotopic (exact) mass is 339 g/mol. The Labute approximate surface area is 148 Å². The molecule has 126 valence electrons. The third-order valence-corrected chi connectivity index (χ3v) is 7.02. The van der Waals surface area contributed by atoms with E-state index in [0.29, 0.717) is 0 Å². The van der Waals surface area contributed by atoms with Crippen LogP contribution in [-0.4, -0.2) is 30.1 Å². The lowest BCUT2D eigenvalue weighted by molar-refractivity contribution is 0.0364. The van der Waals surface area contributed by atoms with Crippen LogP contribution in [0.15, 0.2) is 41.3 Å². The van der Waals surface area contributed by atoms with Crippen LogP contribution in [0.4, 0.5) is 0 Å². The molecule has 1 fully saturated rings. The van der Waals surface area contributed by atoms with Crippen LogP contribution in [-0.2, 0) is 5.60 Å². The molecule has 3 heteroatoms. The van der Waals surface area contributed by atoms with Gasteiger partial charge in [-0.25, -0.2) is 0 Å². The molecule has 2 unspecified atom stereocenters. The van der Waals surface area contributed by atoms with Crippen molar-refractivity contribution in [1.82, 2.24) is 4.90 Å². The zero-order valence-electron chi connectivity index (χ0n) is 14.7. The maximum absolute atomic E-state index is 11.3. The van der Waals surface area contributed by atoms with E-state index in [1.807, 2.05) is 6.92 Å². The van der Waals surface area contributed by atoms with Crippen molar-refractivity contribution in [2.75, 3.05) is 20.1 Å². The van der Waals surface area contributed by atoms with Crippen molar-refractivity contribution in [3.8, 4) is 0 Å². The van der Waals surface area contributed by atoms with Crippen LogP contribution < -0.4 is 0 Å². The number of fused-ring (bicyclic) bond motifs is 2. The van der Waals surface area contributed by atoms with Crippen molar-refractivity contribution in [1.29, 1.82) is 0 Å². The van der Waals surface area contributed by atoms with Gasteiger partial charge in [-0.1, -0.05) is 36.8 Å². The van der Waals surface area contributed by atoms with Crippen molar-refractivity contribution >= 4 is 16.9 Å². The van der Waals surface area contributed by atoms with Gasteiger partial charge in [0.05, 0.1) is 0 Å². The highest BCUT2D eigenvalue weighted by molar-refractivity contribution is 7.10. The van der Waals surface area contributed by atoms with E-state index in [0.717, 1.165) is 30.8 Å². The highest BCUT2D eigenvalue weighted by Gasteiger charge is 2.40. The van der Waals surface area contributed by atoms with Crippen LogP contribution in [0.3, 0.4) is 0 Å². The van der Waals surface area contributed by atoms with Crippen molar-refractivity contribution in [3.05, 3.63) is 62.9 Å². The molecule has 0 radical (unpaired) electrons. The summed E-state index contributed by atoms with van der Waals surface area (Å²) < 4.78 is 0. The van der Waals surface area contributed by atoms with Crippen molar-refractivity contribution < 1.29 is 5.11 Å². The van der Waals surface area contributed by atoms with Crippen LogP contribution in [0.2, 0.25) is 0 Å². The van der Waals surface area contributed by atoms with E-state index in [4.69, 9.17) is 0 Å². The number of piperidine rings is 1. The van der Waals surface area contributed by atoms with Gasteiger partial charge >= 0.3 is 0 Å². The predicted molar refractivity (Wildman–Crippen MR) is 101 cm³/mol. The first-order valence-electron chi connectivity index (χ1n) is 8.80. The molecule has 0 saturated carbocycles. The normalized spacial score (nSPS) is 27.6. The number of rotatable bonds is 0. The first-order valence-corrected chi connectivity index (χ1v) is 9.68. The van der Waals surface area contributed by atoms with E-state index in [1.165, 1.54) is 22.3 Å². The summed E-state index contributed by atoms with van der Waals surface area (Å²) in [5.41, 5.74) is 5.95. The van der Waals surface area contributed by atoms with Gasteiger partial charge in [-0.15, -0.1) is 11.3 Å². The lowest BCUT2D eigenvalue weighted by Gasteiger charge is -2.29. The predicted octanol–water partition coefficient (Wildman–Crippen LogP) is 4.60. The first-order chi connectivity index (χ1) is 11.5. The molecular formula is C21H25NOS. The highest BCUT2D eigenvalue weighted by atomic mass is 32.1. The van der Waals surface area contributed by atoms with Crippen LogP contribution in [0, 0.1) is 0 Å². The number of likely N-dealkylation sites (tertiary alicyclic amines) is 1. The molecule has 1 aromatic carbocycles. The molecule has 2 nitrogen and oxygen atoms in total. The standard InChI is InChI=1S/C21H25NOS/c1-14-16-6-4-5-7-17(16)19(15-8-11-22(3)12-9-15)18-10-13-24-20(18)21(14,2)23/h4-7,10,13-14,23H,8-9,11-12H2,1-3H3. The van der Waals surface area contributed by atoms with Gasteiger partial charge in [0.25, 0.3) is 0 Å². The Balaban J connectivity index is 2.01. The largest absolute Gasteiger partial charge is 0.384 e. The number of thiophene rings is 1. The fourth-order valence-corrected chi connectivity index (χ4v) is 5.22. The van der Waals surface area contributed by atoms with Crippen molar-refractivity contribution in [3.63, 3.8) is 0 Å². The SMILES string of the molecule is CC1c2ccccc2C(=C2CCN(C)CC2)c2ccsc2C1(C)O. The molecule has 2 aliphatic rings. The van der Waals surface area contributed by atoms with Crippen LogP contribution in [0.25, 0.3) is 5.57 Å². The minimum atomic E-state index is -0.826. The second-order valence-electron chi connectivity index (χ2n) is 7.40. The van der Waals surface area contributed by atoms with E-state index in [1.54, 1.807) is 16.9 Å². The molecule has 0 spiro atoms. The Morgan fingerprint density at radius 2 is 1.83 bits per heavy atom. The maximum Gasteiger partial charge on any atom is 0.103 e. The van der Waals surface area contributed by atoms with Gasteiger partial charge in [0, 0.05) is 23.9 Å².